The molecule has 0 saturated heterocycles. The molecule has 0 saturated carbocycles. The van der Waals surface area contributed by atoms with Crippen molar-refractivity contribution in [2.45, 2.75) is 0 Å². The van der Waals surface area contributed by atoms with E-state index in [-0.39, 0.29) is 10.7 Å². The fourth-order valence-corrected chi connectivity index (χ4v) is 1.88. The number of amides is 1. The van der Waals surface area contributed by atoms with Crippen LogP contribution in [0.15, 0.2) is 36.5 Å². The second-order valence-electron chi connectivity index (χ2n) is 3.90. The van der Waals surface area contributed by atoms with Crippen molar-refractivity contribution in [1.82, 2.24) is 4.98 Å². The van der Waals surface area contributed by atoms with Crippen molar-refractivity contribution in [2.75, 3.05) is 5.32 Å². The highest BCUT2D eigenvalue weighted by molar-refractivity contribution is 6.32. The summed E-state index contributed by atoms with van der Waals surface area (Å²) in [4.78, 5) is 25.9. The maximum absolute atomic E-state index is 12.1. The van der Waals surface area contributed by atoms with E-state index in [4.69, 9.17) is 16.9 Å². The number of aromatic nitrogens is 1. The summed E-state index contributed by atoms with van der Waals surface area (Å²) in [5, 5.41) is 21.9. The minimum absolute atomic E-state index is 0.206. The van der Waals surface area contributed by atoms with Crippen molar-refractivity contribution in [3.8, 4) is 6.07 Å². The third-order valence-electron chi connectivity index (χ3n) is 2.56. The van der Waals surface area contributed by atoms with E-state index in [0.717, 1.165) is 0 Å². The topological polar surface area (TPSA) is 109 Å². The number of nitrogens with one attached hydrogen (secondary N) is 1. The van der Waals surface area contributed by atoms with Crippen molar-refractivity contribution < 1.29 is 9.72 Å². The molecule has 1 heterocycles. The van der Waals surface area contributed by atoms with Gasteiger partial charge < -0.3 is 5.32 Å². The largest absolute Gasteiger partial charge is 0.322 e. The van der Waals surface area contributed by atoms with E-state index in [0.29, 0.717) is 11.3 Å². The number of rotatable bonds is 3. The summed E-state index contributed by atoms with van der Waals surface area (Å²) in [5.74, 6) is -0.707. The first-order valence-corrected chi connectivity index (χ1v) is 6.01. The first-order valence-electron chi connectivity index (χ1n) is 5.63. The summed E-state index contributed by atoms with van der Waals surface area (Å²) in [6.07, 6.45) is 1.20. The van der Waals surface area contributed by atoms with Crippen LogP contribution in [0.1, 0.15) is 15.9 Å². The number of carbonyl (C=O) groups excluding carboxylic acids is 1. The predicted octanol–water partition coefficient (Wildman–Crippen LogP) is 2.77. The van der Waals surface area contributed by atoms with Gasteiger partial charge in [0.2, 0.25) is 5.15 Å². The van der Waals surface area contributed by atoms with E-state index in [9.17, 15) is 14.9 Å². The fraction of sp³-hybridized carbons (Fsp3) is 0. The van der Waals surface area contributed by atoms with Gasteiger partial charge in [0.05, 0.1) is 16.6 Å². The minimum Gasteiger partial charge on any atom is -0.322 e. The molecule has 0 aliphatic rings. The highest BCUT2D eigenvalue weighted by atomic mass is 35.5. The van der Waals surface area contributed by atoms with Gasteiger partial charge in [0.25, 0.3) is 5.91 Å². The number of nitro groups is 1. The van der Waals surface area contributed by atoms with E-state index in [1.54, 1.807) is 18.2 Å². The van der Waals surface area contributed by atoms with Crippen LogP contribution in [0.2, 0.25) is 5.15 Å². The Balaban J connectivity index is 2.35. The summed E-state index contributed by atoms with van der Waals surface area (Å²) in [6, 6.07) is 9.30. The maximum Gasteiger partial charge on any atom is 0.319 e. The van der Waals surface area contributed by atoms with Crippen LogP contribution in [-0.4, -0.2) is 15.8 Å². The molecule has 0 unspecified atom stereocenters. The number of anilines is 1. The Morgan fingerprint density at radius 2 is 2.19 bits per heavy atom. The second kappa shape index (κ2) is 5.98. The van der Waals surface area contributed by atoms with Crippen LogP contribution in [0.25, 0.3) is 0 Å². The van der Waals surface area contributed by atoms with E-state index in [2.05, 4.69) is 10.3 Å². The first-order chi connectivity index (χ1) is 10.0. The quantitative estimate of drug-likeness (QED) is 0.532. The normalized spacial score (nSPS) is 9.71. The summed E-state index contributed by atoms with van der Waals surface area (Å²) in [5.41, 5.74) is -0.0631. The van der Waals surface area contributed by atoms with Gasteiger partial charge in [-0.15, -0.1) is 0 Å². The van der Waals surface area contributed by atoms with Crippen LogP contribution in [0, 0.1) is 21.4 Å². The summed E-state index contributed by atoms with van der Waals surface area (Å²) in [7, 11) is 0. The zero-order valence-electron chi connectivity index (χ0n) is 10.4. The summed E-state index contributed by atoms with van der Waals surface area (Å²) < 4.78 is 0. The van der Waals surface area contributed by atoms with Crippen LogP contribution in [0.5, 0.6) is 0 Å². The SMILES string of the molecule is N#Cc1cccc(NC(=O)c2ccnc(Cl)c2[N+](=O)[O-])c1. The van der Waals surface area contributed by atoms with Gasteiger partial charge in [0.1, 0.15) is 5.56 Å². The zero-order chi connectivity index (χ0) is 15.4. The lowest BCUT2D eigenvalue weighted by molar-refractivity contribution is -0.385. The third-order valence-corrected chi connectivity index (χ3v) is 2.83. The molecule has 1 aromatic heterocycles. The number of halogens is 1. The lowest BCUT2D eigenvalue weighted by Crippen LogP contribution is -2.14. The molecule has 0 bridgehead atoms. The number of hydrogen-bond donors (Lipinski definition) is 1. The molecule has 2 rings (SSSR count). The van der Waals surface area contributed by atoms with Gasteiger partial charge >= 0.3 is 5.69 Å². The molecule has 1 amide bonds. The summed E-state index contributed by atoms with van der Waals surface area (Å²) in [6.45, 7) is 0. The van der Waals surface area contributed by atoms with Crippen LogP contribution in [-0.2, 0) is 0 Å². The molecule has 7 nitrogen and oxygen atoms in total. The van der Waals surface area contributed by atoms with Gasteiger partial charge in [0.15, 0.2) is 0 Å². The molecule has 104 valence electrons. The van der Waals surface area contributed by atoms with Crippen LogP contribution >= 0.6 is 11.6 Å². The number of nitrogens with zero attached hydrogens (tertiary/aromatic N) is 3. The van der Waals surface area contributed by atoms with E-state index in [1.807, 2.05) is 6.07 Å². The fourth-order valence-electron chi connectivity index (χ4n) is 1.65. The molecule has 0 fully saturated rings. The Hall–Kier alpha value is -2.98. The molecule has 8 heteroatoms. The molecule has 0 atom stereocenters. The monoisotopic (exact) mass is 302 g/mol. The molecule has 0 aliphatic heterocycles. The Kier molecular flexibility index (Phi) is 4.11. The zero-order valence-corrected chi connectivity index (χ0v) is 11.2. The number of carbonyl (C=O) groups is 1. The lowest BCUT2D eigenvalue weighted by atomic mass is 10.2. The number of hydrogen-bond acceptors (Lipinski definition) is 5. The van der Waals surface area contributed by atoms with Crippen molar-refractivity contribution >= 4 is 28.9 Å². The van der Waals surface area contributed by atoms with Crippen molar-refractivity contribution in [3.05, 3.63) is 62.9 Å². The van der Waals surface area contributed by atoms with Crippen molar-refractivity contribution in [1.29, 1.82) is 5.26 Å². The highest BCUT2D eigenvalue weighted by Crippen LogP contribution is 2.26. The molecule has 0 spiro atoms. The maximum atomic E-state index is 12.1. The smallest absolute Gasteiger partial charge is 0.319 e. The molecular weight excluding hydrogens is 296 g/mol. The Morgan fingerprint density at radius 3 is 2.86 bits per heavy atom. The van der Waals surface area contributed by atoms with Crippen molar-refractivity contribution in [2.24, 2.45) is 0 Å². The molecule has 0 radical (unpaired) electrons. The van der Waals surface area contributed by atoms with Crippen LogP contribution in [0.3, 0.4) is 0 Å². The van der Waals surface area contributed by atoms with Gasteiger partial charge in [-0.25, -0.2) is 4.98 Å². The van der Waals surface area contributed by atoms with Crippen LogP contribution < -0.4 is 5.32 Å². The second-order valence-corrected chi connectivity index (χ2v) is 4.26. The standard InChI is InChI=1S/C13H7ClN4O3/c14-12-11(18(20)21)10(4-5-16-12)13(19)17-9-3-1-2-8(6-9)7-15/h1-6H,(H,17,19). The van der Waals surface area contributed by atoms with Crippen LogP contribution in [0.4, 0.5) is 11.4 Å². The lowest BCUT2D eigenvalue weighted by Gasteiger charge is -2.06. The highest BCUT2D eigenvalue weighted by Gasteiger charge is 2.24. The molecule has 2 aromatic rings. The molecule has 0 aliphatic carbocycles. The van der Waals surface area contributed by atoms with Gasteiger partial charge in [-0.2, -0.15) is 5.26 Å². The van der Waals surface area contributed by atoms with E-state index >= 15 is 0 Å². The van der Waals surface area contributed by atoms with Crippen molar-refractivity contribution in [3.63, 3.8) is 0 Å². The average Bonchev–Trinajstić information content (AvgIpc) is 2.46. The predicted molar refractivity (Wildman–Crippen MR) is 75.0 cm³/mol. The van der Waals surface area contributed by atoms with Gasteiger partial charge in [-0.3, -0.25) is 14.9 Å². The Bertz CT molecular complexity index is 770. The molecule has 1 aromatic carbocycles. The van der Waals surface area contributed by atoms with E-state index < -0.39 is 16.5 Å². The average molecular weight is 303 g/mol. The third kappa shape index (κ3) is 3.13. The van der Waals surface area contributed by atoms with E-state index in [1.165, 1.54) is 18.3 Å². The number of pyridine rings is 1. The minimum atomic E-state index is -0.768. The summed E-state index contributed by atoms with van der Waals surface area (Å²) >= 11 is 5.64. The molecule has 21 heavy (non-hydrogen) atoms. The Labute approximate surface area is 123 Å². The van der Waals surface area contributed by atoms with Gasteiger partial charge in [-0.05, 0) is 24.3 Å². The molecule has 1 N–H and O–H groups in total. The first kappa shape index (κ1) is 14.4. The number of benzene rings is 1. The van der Waals surface area contributed by atoms with Gasteiger partial charge in [-0.1, -0.05) is 17.7 Å². The Morgan fingerprint density at radius 1 is 1.43 bits per heavy atom. The number of nitriles is 1. The molecular formula is C13H7ClN4O3. The van der Waals surface area contributed by atoms with Gasteiger partial charge in [0, 0.05) is 11.9 Å².